The summed E-state index contributed by atoms with van der Waals surface area (Å²) in [6.07, 6.45) is 0. The number of benzene rings is 2. The molecule has 0 atom stereocenters. The summed E-state index contributed by atoms with van der Waals surface area (Å²) in [5.74, 6) is 0.202. The molecule has 0 amide bonds. The molecule has 0 heterocycles. The molecule has 17 heavy (non-hydrogen) atoms. The first-order chi connectivity index (χ1) is 8.02. The molecule has 0 spiro atoms. The maximum absolute atomic E-state index is 9.88. The van der Waals surface area contributed by atoms with Gasteiger partial charge in [0.1, 0.15) is 17.2 Å². The minimum atomic E-state index is 0.0198. The molecule has 0 saturated heterocycles. The first-order valence-electron chi connectivity index (χ1n) is 5.33. The SMILES string of the molecule is Cc1c(O)cc(-c2ccccc2O)c(C)c1O. The van der Waals surface area contributed by atoms with Crippen LogP contribution in [0.3, 0.4) is 0 Å². The van der Waals surface area contributed by atoms with Crippen LogP contribution in [0.2, 0.25) is 0 Å². The van der Waals surface area contributed by atoms with Gasteiger partial charge in [0.05, 0.1) is 0 Å². The van der Waals surface area contributed by atoms with Gasteiger partial charge in [-0.3, -0.25) is 0 Å². The minimum Gasteiger partial charge on any atom is -0.508 e. The molecule has 0 saturated carbocycles. The van der Waals surface area contributed by atoms with Gasteiger partial charge in [-0.1, -0.05) is 18.2 Å². The number of para-hydroxylation sites is 1. The molecular weight excluding hydrogens is 216 g/mol. The normalized spacial score (nSPS) is 10.5. The minimum absolute atomic E-state index is 0.0198. The van der Waals surface area contributed by atoms with Gasteiger partial charge in [-0.2, -0.15) is 0 Å². The smallest absolute Gasteiger partial charge is 0.125 e. The monoisotopic (exact) mass is 230 g/mol. The molecule has 2 aromatic carbocycles. The van der Waals surface area contributed by atoms with Gasteiger partial charge in [-0.25, -0.2) is 0 Å². The molecule has 0 radical (unpaired) electrons. The van der Waals surface area contributed by atoms with Gasteiger partial charge in [0.15, 0.2) is 0 Å². The number of phenols is 3. The number of aromatic hydroxyl groups is 3. The van der Waals surface area contributed by atoms with Crippen LogP contribution in [-0.2, 0) is 0 Å². The number of phenolic OH excluding ortho intramolecular Hbond substituents is 3. The van der Waals surface area contributed by atoms with Gasteiger partial charge in [-0.05, 0) is 37.1 Å². The fourth-order valence-electron chi connectivity index (χ4n) is 1.86. The number of rotatable bonds is 1. The van der Waals surface area contributed by atoms with Crippen molar-refractivity contribution in [2.75, 3.05) is 0 Å². The van der Waals surface area contributed by atoms with E-state index in [1.165, 1.54) is 0 Å². The van der Waals surface area contributed by atoms with Crippen molar-refractivity contribution in [2.24, 2.45) is 0 Å². The summed E-state index contributed by atoms with van der Waals surface area (Å²) in [5, 5.41) is 29.4. The molecule has 2 rings (SSSR count). The van der Waals surface area contributed by atoms with Crippen molar-refractivity contribution in [1.29, 1.82) is 0 Å². The number of hydrogen-bond acceptors (Lipinski definition) is 3. The lowest BCUT2D eigenvalue weighted by Crippen LogP contribution is -1.88. The summed E-state index contributed by atoms with van der Waals surface area (Å²) in [5.41, 5.74) is 2.31. The maximum atomic E-state index is 9.88. The highest BCUT2D eigenvalue weighted by Crippen LogP contribution is 2.40. The van der Waals surface area contributed by atoms with Gasteiger partial charge < -0.3 is 15.3 Å². The van der Waals surface area contributed by atoms with Crippen LogP contribution in [0.25, 0.3) is 11.1 Å². The topological polar surface area (TPSA) is 60.7 Å². The molecule has 0 unspecified atom stereocenters. The molecule has 0 aliphatic rings. The summed E-state index contributed by atoms with van der Waals surface area (Å²) in [6.45, 7) is 3.40. The van der Waals surface area contributed by atoms with Gasteiger partial charge in [0.25, 0.3) is 0 Å². The van der Waals surface area contributed by atoms with Gasteiger partial charge >= 0.3 is 0 Å². The Morgan fingerprint density at radius 2 is 1.41 bits per heavy atom. The Morgan fingerprint density at radius 1 is 0.765 bits per heavy atom. The lowest BCUT2D eigenvalue weighted by Gasteiger charge is -2.13. The molecule has 3 heteroatoms. The Labute approximate surface area is 99.6 Å². The predicted octanol–water partition coefficient (Wildman–Crippen LogP) is 3.09. The van der Waals surface area contributed by atoms with E-state index in [4.69, 9.17) is 0 Å². The zero-order valence-corrected chi connectivity index (χ0v) is 9.73. The largest absolute Gasteiger partial charge is 0.508 e. The third-order valence-corrected chi connectivity index (χ3v) is 2.97. The van der Waals surface area contributed by atoms with Crippen LogP contribution in [0.15, 0.2) is 30.3 Å². The first-order valence-corrected chi connectivity index (χ1v) is 5.33. The second-order valence-electron chi connectivity index (χ2n) is 4.06. The Kier molecular flexibility index (Phi) is 2.68. The lowest BCUT2D eigenvalue weighted by atomic mass is 9.96. The summed E-state index contributed by atoms with van der Waals surface area (Å²) in [6, 6.07) is 8.39. The molecule has 2 aromatic rings. The van der Waals surface area contributed by atoms with Gasteiger partial charge in [0.2, 0.25) is 0 Å². The highest BCUT2D eigenvalue weighted by atomic mass is 16.3. The van der Waals surface area contributed by atoms with E-state index >= 15 is 0 Å². The van der Waals surface area contributed by atoms with Crippen molar-refractivity contribution < 1.29 is 15.3 Å². The van der Waals surface area contributed by atoms with E-state index in [0.717, 1.165) is 0 Å². The van der Waals surface area contributed by atoms with Crippen molar-refractivity contribution in [2.45, 2.75) is 13.8 Å². The van der Waals surface area contributed by atoms with Crippen molar-refractivity contribution >= 4 is 0 Å². The Bertz CT molecular complexity index is 574. The fraction of sp³-hybridized carbons (Fsp3) is 0.143. The highest BCUT2D eigenvalue weighted by Gasteiger charge is 2.14. The van der Waals surface area contributed by atoms with E-state index in [0.29, 0.717) is 22.3 Å². The zero-order chi connectivity index (χ0) is 12.6. The molecular formula is C14H14O3. The van der Waals surface area contributed by atoms with E-state index < -0.39 is 0 Å². The van der Waals surface area contributed by atoms with Crippen molar-refractivity contribution in [3.8, 4) is 28.4 Å². The molecule has 0 aliphatic carbocycles. The summed E-state index contributed by atoms with van der Waals surface area (Å²) in [4.78, 5) is 0. The second-order valence-corrected chi connectivity index (χ2v) is 4.06. The molecule has 3 N–H and O–H groups in total. The highest BCUT2D eigenvalue weighted by molar-refractivity contribution is 5.77. The Balaban J connectivity index is 2.73. The Morgan fingerprint density at radius 3 is 2.06 bits per heavy atom. The van der Waals surface area contributed by atoms with E-state index in [1.54, 1.807) is 44.2 Å². The molecule has 0 bridgehead atoms. The zero-order valence-electron chi connectivity index (χ0n) is 9.73. The third kappa shape index (κ3) is 1.80. The number of hydrogen-bond donors (Lipinski definition) is 3. The predicted molar refractivity (Wildman–Crippen MR) is 66.3 cm³/mol. The molecule has 0 fully saturated rings. The standard InChI is InChI=1S/C14H14O3/c1-8-11(7-13(16)9(2)14(8)17)10-5-3-4-6-12(10)15/h3-7,15-17H,1-2H3. The van der Waals surface area contributed by atoms with Crippen molar-refractivity contribution in [3.63, 3.8) is 0 Å². The van der Waals surface area contributed by atoms with Gasteiger partial charge in [-0.15, -0.1) is 0 Å². The molecule has 0 aliphatic heterocycles. The fourth-order valence-corrected chi connectivity index (χ4v) is 1.86. The van der Waals surface area contributed by atoms with Crippen LogP contribution in [0.5, 0.6) is 17.2 Å². The van der Waals surface area contributed by atoms with E-state index in [9.17, 15) is 15.3 Å². The molecule has 88 valence electrons. The van der Waals surface area contributed by atoms with Crippen LogP contribution >= 0.6 is 0 Å². The Hall–Kier alpha value is -2.16. The van der Waals surface area contributed by atoms with Crippen LogP contribution in [-0.4, -0.2) is 15.3 Å². The second kappa shape index (κ2) is 4.01. The summed E-state index contributed by atoms with van der Waals surface area (Å²) in [7, 11) is 0. The first kappa shape index (κ1) is 11.3. The quantitative estimate of drug-likeness (QED) is 0.705. The van der Waals surface area contributed by atoms with Crippen molar-refractivity contribution in [3.05, 3.63) is 41.5 Å². The van der Waals surface area contributed by atoms with Gasteiger partial charge in [0, 0.05) is 11.1 Å². The van der Waals surface area contributed by atoms with Crippen LogP contribution < -0.4 is 0 Å². The van der Waals surface area contributed by atoms with Crippen molar-refractivity contribution in [1.82, 2.24) is 0 Å². The van der Waals surface area contributed by atoms with E-state index in [2.05, 4.69) is 0 Å². The molecule has 3 nitrogen and oxygen atoms in total. The average Bonchev–Trinajstić information content (AvgIpc) is 2.32. The summed E-state index contributed by atoms with van der Waals surface area (Å²) < 4.78 is 0. The third-order valence-electron chi connectivity index (χ3n) is 2.97. The average molecular weight is 230 g/mol. The lowest BCUT2D eigenvalue weighted by molar-refractivity contribution is 0.441. The summed E-state index contributed by atoms with van der Waals surface area (Å²) >= 11 is 0. The van der Waals surface area contributed by atoms with Crippen LogP contribution in [0, 0.1) is 13.8 Å². The maximum Gasteiger partial charge on any atom is 0.125 e. The van der Waals surface area contributed by atoms with E-state index in [1.807, 2.05) is 0 Å². The molecule has 0 aromatic heterocycles. The van der Waals surface area contributed by atoms with Crippen LogP contribution in [0.1, 0.15) is 11.1 Å². The van der Waals surface area contributed by atoms with Crippen LogP contribution in [0.4, 0.5) is 0 Å². The van der Waals surface area contributed by atoms with E-state index in [-0.39, 0.29) is 17.2 Å².